The van der Waals surface area contributed by atoms with Crippen LogP contribution in [-0.2, 0) is 10.8 Å². The first kappa shape index (κ1) is 28.8. The van der Waals surface area contributed by atoms with Gasteiger partial charge in [-0.05, 0) is 88.0 Å². The normalized spacial score (nSPS) is 15.7. The Labute approximate surface area is 292 Å². The smallest absolute Gasteiger partial charge is 0.193 e. The van der Waals surface area contributed by atoms with Gasteiger partial charge >= 0.3 is 0 Å². The van der Waals surface area contributed by atoms with Crippen molar-refractivity contribution >= 4 is 39.9 Å². The molecule has 0 N–H and O–H groups in total. The maximum atomic E-state index is 13.8. The van der Waals surface area contributed by atoms with Gasteiger partial charge in [-0.3, -0.25) is 4.79 Å². The van der Waals surface area contributed by atoms with E-state index in [9.17, 15) is 4.79 Å². The van der Waals surface area contributed by atoms with Gasteiger partial charge in [0.25, 0.3) is 0 Å². The standard InChI is InChI=1S/C47H34N2O/c1-46(2)35-19-7-6-18-33(35)45(50)34-29-28-32(30-40(34)46)49-43-26-14-10-22-38(43)47(39-23-11-15-27-44(39)49)36-20-8-12-24-41(36)48(31-16-4-3-5-17-31)42-25-13-9-21-37(42)47/h3-30H,1-2H3. The lowest BCUT2D eigenvalue weighted by Gasteiger charge is -2.51. The summed E-state index contributed by atoms with van der Waals surface area (Å²) in [6, 6.07) is 60.8. The quantitative estimate of drug-likeness (QED) is 0.187. The summed E-state index contributed by atoms with van der Waals surface area (Å²) in [5.41, 5.74) is 14.5. The van der Waals surface area contributed by atoms with Crippen molar-refractivity contribution < 1.29 is 4.79 Å². The Hall–Kier alpha value is -6.19. The molecule has 2 aliphatic heterocycles. The molecule has 238 valence electrons. The van der Waals surface area contributed by atoms with Crippen LogP contribution in [0, 0.1) is 0 Å². The fraction of sp³-hybridized carbons (Fsp3) is 0.0851. The lowest BCUT2D eigenvalue weighted by Crippen LogP contribution is -2.42. The van der Waals surface area contributed by atoms with Gasteiger partial charge in [0, 0.05) is 27.9 Å². The minimum atomic E-state index is -0.579. The number of carbonyl (C=O) groups is 1. The second kappa shape index (κ2) is 10.4. The van der Waals surface area contributed by atoms with E-state index >= 15 is 0 Å². The van der Waals surface area contributed by atoms with Crippen LogP contribution in [0.5, 0.6) is 0 Å². The summed E-state index contributed by atoms with van der Waals surface area (Å²) in [6.45, 7) is 4.48. The summed E-state index contributed by atoms with van der Waals surface area (Å²) in [7, 11) is 0. The molecule has 0 aromatic heterocycles. The third-order valence-corrected chi connectivity index (χ3v) is 11.2. The molecule has 10 rings (SSSR count). The first-order valence-electron chi connectivity index (χ1n) is 17.3. The van der Waals surface area contributed by atoms with E-state index in [1.165, 1.54) is 33.6 Å². The van der Waals surface area contributed by atoms with Crippen LogP contribution in [0.25, 0.3) is 0 Å². The molecule has 0 bridgehead atoms. The van der Waals surface area contributed by atoms with Crippen molar-refractivity contribution in [2.45, 2.75) is 24.7 Å². The number of carbonyl (C=O) groups excluding carboxylic acids is 1. The van der Waals surface area contributed by atoms with Crippen molar-refractivity contribution in [2.75, 3.05) is 9.80 Å². The van der Waals surface area contributed by atoms with E-state index in [0.717, 1.165) is 45.0 Å². The Balaban J connectivity index is 1.26. The fourth-order valence-corrected chi connectivity index (χ4v) is 9.11. The van der Waals surface area contributed by atoms with Crippen LogP contribution in [-0.4, -0.2) is 5.78 Å². The number of para-hydroxylation sites is 5. The van der Waals surface area contributed by atoms with Crippen molar-refractivity contribution in [3.8, 4) is 0 Å². The Morgan fingerprint density at radius 3 is 1.30 bits per heavy atom. The van der Waals surface area contributed by atoms with Crippen LogP contribution in [0.15, 0.2) is 170 Å². The summed E-state index contributed by atoms with van der Waals surface area (Å²) in [6.07, 6.45) is 0. The predicted octanol–water partition coefficient (Wildman–Crippen LogP) is 11.5. The molecule has 0 saturated carbocycles. The highest BCUT2D eigenvalue weighted by Gasteiger charge is 2.51. The monoisotopic (exact) mass is 642 g/mol. The highest BCUT2D eigenvalue weighted by atomic mass is 16.1. The Bertz CT molecular complexity index is 2420. The number of nitrogens with zero attached hydrogens (tertiary/aromatic N) is 2. The topological polar surface area (TPSA) is 23.6 Å². The van der Waals surface area contributed by atoms with Crippen molar-refractivity contribution in [3.63, 3.8) is 0 Å². The van der Waals surface area contributed by atoms with Gasteiger partial charge in [0.2, 0.25) is 0 Å². The lowest BCUT2D eigenvalue weighted by molar-refractivity contribution is 0.103. The Morgan fingerprint density at radius 1 is 0.380 bits per heavy atom. The Kier molecular flexibility index (Phi) is 5.99. The van der Waals surface area contributed by atoms with Gasteiger partial charge in [0.05, 0.1) is 28.2 Å². The number of hydrogen-bond acceptors (Lipinski definition) is 3. The van der Waals surface area contributed by atoms with Crippen LogP contribution in [0.2, 0.25) is 0 Å². The molecule has 3 nitrogen and oxygen atoms in total. The van der Waals surface area contributed by atoms with E-state index in [4.69, 9.17) is 0 Å². The number of rotatable bonds is 2. The second-order valence-corrected chi connectivity index (χ2v) is 14.1. The van der Waals surface area contributed by atoms with Gasteiger partial charge in [-0.1, -0.05) is 129 Å². The van der Waals surface area contributed by atoms with E-state index in [0.29, 0.717) is 0 Å². The molecule has 0 atom stereocenters. The van der Waals surface area contributed by atoms with E-state index < -0.39 is 5.41 Å². The molecule has 3 aliphatic rings. The van der Waals surface area contributed by atoms with Gasteiger partial charge < -0.3 is 9.80 Å². The van der Waals surface area contributed by atoms with E-state index in [1.807, 2.05) is 24.3 Å². The van der Waals surface area contributed by atoms with Crippen LogP contribution in [0.4, 0.5) is 34.1 Å². The van der Waals surface area contributed by atoms with Gasteiger partial charge in [-0.2, -0.15) is 0 Å². The Morgan fingerprint density at radius 2 is 0.780 bits per heavy atom. The maximum absolute atomic E-state index is 13.8. The SMILES string of the molecule is CC1(C)c2ccccc2C(=O)c2ccc(N3c4ccccc4C4(c5ccccc5N(c5ccccc5)c5ccccc54)c4ccccc43)cc21. The number of hydrogen-bond donors (Lipinski definition) is 0. The molecule has 0 saturated heterocycles. The molecule has 7 aromatic carbocycles. The minimum Gasteiger partial charge on any atom is -0.310 e. The highest BCUT2D eigenvalue weighted by Crippen LogP contribution is 2.64. The van der Waals surface area contributed by atoms with Crippen LogP contribution in [0.3, 0.4) is 0 Å². The molecule has 0 fully saturated rings. The number of fused-ring (bicyclic) bond motifs is 10. The van der Waals surface area contributed by atoms with Crippen LogP contribution in [0.1, 0.15) is 63.1 Å². The predicted molar refractivity (Wildman–Crippen MR) is 203 cm³/mol. The second-order valence-electron chi connectivity index (χ2n) is 14.1. The molecule has 0 radical (unpaired) electrons. The first-order chi connectivity index (χ1) is 24.5. The molecule has 50 heavy (non-hydrogen) atoms. The van der Waals surface area contributed by atoms with Crippen LogP contribution < -0.4 is 9.80 Å². The van der Waals surface area contributed by atoms with Crippen LogP contribution >= 0.6 is 0 Å². The molecule has 7 aromatic rings. The van der Waals surface area contributed by atoms with Gasteiger partial charge in [-0.25, -0.2) is 0 Å². The molecule has 1 spiro atoms. The molecule has 0 amide bonds. The van der Waals surface area contributed by atoms with Gasteiger partial charge in [-0.15, -0.1) is 0 Å². The average Bonchev–Trinajstić information content (AvgIpc) is 3.17. The zero-order chi connectivity index (χ0) is 33.6. The van der Waals surface area contributed by atoms with E-state index in [1.54, 1.807) is 0 Å². The van der Waals surface area contributed by atoms with Crippen molar-refractivity contribution in [1.82, 2.24) is 0 Å². The summed E-state index contributed by atoms with van der Waals surface area (Å²) < 4.78 is 0. The molecular weight excluding hydrogens is 609 g/mol. The molecule has 0 unspecified atom stereocenters. The van der Waals surface area contributed by atoms with Crippen molar-refractivity contribution in [1.29, 1.82) is 0 Å². The average molecular weight is 643 g/mol. The number of anilines is 6. The number of ketones is 1. The summed E-state index contributed by atoms with van der Waals surface area (Å²) >= 11 is 0. The minimum absolute atomic E-state index is 0.0956. The molecular formula is C47H34N2O. The molecule has 1 aliphatic carbocycles. The molecule has 3 heteroatoms. The van der Waals surface area contributed by atoms with E-state index in [2.05, 4.69) is 169 Å². The third kappa shape index (κ3) is 3.67. The number of benzene rings is 7. The highest BCUT2D eigenvalue weighted by molar-refractivity contribution is 6.13. The third-order valence-electron chi connectivity index (χ3n) is 11.2. The maximum Gasteiger partial charge on any atom is 0.193 e. The zero-order valence-electron chi connectivity index (χ0n) is 28.0. The summed E-state index contributed by atoms with van der Waals surface area (Å²) in [5, 5.41) is 0. The van der Waals surface area contributed by atoms with Gasteiger partial charge in [0.15, 0.2) is 5.78 Å². The van der Waals surface area contributed by atoms with Crippen molar-refractivity contribution in [3.05, 3.63) is 214 Å². The largest absolute Gasteiger partial charge is 0.310 e. The van der Waals surface area contributed by atoms with Gasteiger partial charge in [0.1, 0.15) is 0 Å². The lowest BCUT2D eigenvalue weighted by atomic mass is 9.60. The fourth-order valence-electron chi connectivity index (χ4n) is 9.11. The van der Waals surface area contributed by atoms with Crippen molar-refractivity contribution in [2.24, 2.45) is 0 Å². The first-order valence-corrected chi connectivity index (χ1v) is 17.3. The summed E-state index contributed by atoms with van der Waals surface area (Å²) in [5.74, 6) is 0.0956. The zero-order valence-corrected chi connectivity index (χ0v) is 28.0. The van der Waals surface area contributed by atoms with E-state index in [-0.39, 0.29) is 11.2 Å². The summed E-state index contributed by atoms with van der Waals surface area (Å²) in [4.78, 5) is 18.6. The molecule has 2 heterocycles.